The van der Waals surface area contributed by atoms with Crippen LogP contribution in [-0.4, -0.2) is 29.9 Å². The van der Waals surface area contributed by atoms with Crippen molar-refractivity contribution in [2.45, 2.75) is 13.8 Å². The smallest absolute Gasteiger partial charge is 0.263 e. The second-order valence-electron chi connectivity index (χ2n) is 5.89. The molecule has 27 heavy (non-hydrogen) atoms. The van der Waals surface area contributed by atoms with Crippen LogP contribution in [0.5, 0.6) is 11.5 Å². The molecule has 0 saturated carbocycles. The molecule has 8 heteroatoms. The van der Waals surface area contributed by atoms with E-state index in [-0.39, 0.29) is 18.3 Å². The van der Waals surface area contributed by atoms with E-state index in [0.717, 1.165) is 22.4 Å². The van der Waals surface area contributed by atoms with Gasteiger partial charge in [-0.2, -0.15) is 0 Å². The second-order valence-corrected chi connectivity index (χ2v) is 6.33. The molecule has 1 N–H and O–H groups in total. The SMILES string of the molecule is COc1ccc(-c2nonc2NC(=O)COc2ccc(Cl)cc2C)c(C)c1. The third-order valence-corrected chi connectivity index (χ3v) is 4.17. The zero-order valence-electron chi connectivity index (χ0n) is 15.1. The summed E-state index contributed by atoms with van der Waals surface area (Å²) in [7, 11) is 1.60. The lowest BCUT2D eigenvalue weighted by molar-refractivity contribution is -0.118. The number of halogens is 1. The molecular formula is C19H18ClN3O4. The average molecular weight is 388 g/mol. The van der Waals surface area contributed by atoms with Gasteiger partial charge in [0.25, 0.3) is 5.91 Å². The molecule has 0 spiro atoms. The predicted molar refractivity (Wildman–Crippen MR) is 101 cm³/mol. The second kappa shape index (κ2) is 8.09. The van der Waals surface area contributed by atoms with Crippen molar-refractivity contribution in [3.8, 4) is 22.8 Å². The summed E-state index contributed by atoms with van der Waals surface area (Å²) < 4.78 is 15.5. The zero-order valence-corrected chi connectivity index (χ0v) is 15.8. The Morgan fingerprint density at radius 2 is 1.96 bits per heavy atom. The lowest BCUT2D eigenvalue weighted by Gasteiger charge is -2.10. The Balaban J connectivity index is 1.70. The monoisotopic (exact) mass is 387 g/mol. The quantitative estimate of drug-likeness (QED) is 0.687. The van der Waals surface area contributed by atoms with Gasteiger partial charge in [0.05, 0.1) is 7.11 Å². The number of anilines is 1. The zero-order chi connectivity index (χ0) is 19.4. The highest BCUT2D eigenvalue weighted by Crippen LogP contribution is 2.30. The Kier molecular flexibility index (Phi) is 5.61. The molecule has 0 saturated heterocycles. The Morgan fingerprint density at radius 1 is 1.15 bits per heavy atom. The largest absolute Gasteiger partial charge is 0.497 e. The highest BCUT2D eigenvalue weighted by atomic mass is 35.5. The summed E-state index contributed by atoms with van der Waals surface area (Å²) in [6.07, 6.45) is 0. The maximum absolute atomic E-state index is 12.2. The molecular weight excluding hydrogens is 370 g/mol. The molecule has 1 aromatic heterocycles. The van der Waals surface area contributed by atoms with Crippen molar-refractivity contribution in [3.05, 3.63) is 52.5 Å². The Morgan fingerprint density at radius 3 is 2.67 bits per heavy atom. The van der Waals surface area contributed by atoms with Gasteiger partial charge in [-0.15, -0.1) is 0 Å². The number of aromatic nitrogens is 2. The van der Waals surface area contributed by atoms with Gasteiger partial charge in [-0.25, -0.2) is 4.63 Å². The van der Waals surface area contributed by atoms with Crippen LogP contribution in [0.1, 0.15) is 11.1 Å². The first-order valence-electron chi connectivity index (χ1n) is 8.14. The molecule has 3 aromatic rings. The molecule has 3 rings (SSSR count). The highest BCUT2D eigenvalue weighted by Gasteiger charge is 2.17. The summed E-state index contributed by atoms with van der Waals surface area (Å²) in [6.45, 7) is 3.58. The number of nitrogens with one attached hydrogen (secondary N) is 1. The number of nitrogens with zero attached hydrogens (tertiary/aromatic N) is 2. The van der Waals surface area contributed by atoms with Gasteiger partial charge >= 0.3 is 0 Å². The number of benzene rings is 2. The molecule has 0 bridgehead atoms. The van der Waals surface area contributed by atoms with E-state index in [2.05, 4.69) is 15.6 Å². The Labute approximate surface area is 161 Å². The standard InChI is InChI=1S/C19H18ClN3O4/c1-11-9-14(25-3)5-6-15(11)18-19(23-27-22-18)21-17(24)10-26-16-7-4-13(20)8-12(16)2/h4-9H,10H2,1-3H3,(H,21,23,24). The van der Waals surface area contributed by atoms with Crippen LogP contribution in [0.3, 0.4) is 0 Å². The molecule has 140 valence electrons. The van der Waals surface area contributed by atoms with Gasteiger partial charge in [0.2, 0.25) is 5.82 Å². The number of amides is 1. The maximum Gasteiger partial charge on any atom is 0.263 e. The van der Waals surface area contributed by atoms with E-state index >= 15 is 0 Å². The summed E-state index contributed by atoms with van der Waals surface area (Å²) in [5.41, 5.74) is 2.97. The fourth-order valence-corrected chi connectivity index (χ4v) is 2.79. The fraction of sp³-hybridized carbons (Fsp3) is 0.211. The molecule has 0 atom stereocenters. The predicted octanol–water partition coefficient (Wildman–Crippen LogP) is 4.03. The van der Waals surface area contributed by atoms with Crippen molar-refractivity contribution < 1.29 is 18.9 Å². The van der Waals surface area contributed by atoms with Gasteiger partial charge in [0.15, 0.2) is 12.3 Å². The van der Waals surface area contributed by atoms with Gasteiger partial charge in [-0.05, 0) is 71.7 Å². The topological polar surface area (TPSA) is 86.5 Å². The van der Waals surface area contributed by atoms with Gasteiger partial charge in [-0.1, -0.05) is 11.6 Å². The number of ether oxygens (including phenoxy) is 2. The number of hydrogen-bond donors (Lipinski definition) is 1. The molecule has 0 radical (unpaired) electrons. The first-order valence-corrected chi connectivity index (χ1v) is 8.52. The van der Waals surface area contributed by atoms with E-state index in [1.807, 2.05) is 26.0 Å². The van der Waals surface area contributed by atoms with Crippen molar-refractivity contribution >= 4 is 23.3 Å². The molecule has 1 amide bonds. The van der Waals surface area contributed by atoms with Crippen molar-refractivity contribution in [2.24, 2.45) is 0 Å². The van der Waals surface area contributed by atoms with Gasteiger partial charge < -0.3 is 14.8 Å². The van der Waals surface area contributed by atoms with Crippen LogP contribution in [-0.2, 0) is 4.79 Å². The highest BCUT2D eigenvalue weighted by molar-refractivity contribution is 6.30. The molecule has 1 heterocycles. The Hall–Kier alpha value is -3.06. The number of carbonyl (C=O) groups is 1. The van der Waals surface area contributed by atoms with Crippen LogP contribution in [0.15, 0.2) is 41.0 Å². The molecule has 0 aliphatic rings. The van der Waals surface area contributed by atoms with E-state index in [0.29, 0.717) is 16.5 Å². The van der Waals surface area contributed by atoms with Crippen LogP contribution in [0.2, 0.25) is 5.02 Å². The van der Waals surface area contributed by atoms with Crippen LogP contribution in [0, 0.1) is 13.8 Å². The van der Waals surface area contributed by atoms with Crippen molar-refractivity contribution in [1.29, 1.82) is 0 Å². The lowest BCUT2D eigenvalue weighted by Crippen LogP contribution is -2.21. The normalized spacial score (nSPS) is 10.5. The van der Waals surface area contributed by atoms with Crippen LogP contribution in [0.4, 0.5) is 5.82 Å². The number of carbonyl (C=O) groups excluding carboxylic acids is 1. The van der Waals surface area contributed by atoms with Crippen molar-refractivity contribution in [3.63, 3.8) is 0 Å². The molecule has 2 aromatic carbocycles. The number of hydrogen-bond acceptors (Lipinski definition) is 6. The molecule has 0 aliphatic carbocycles. The maximum atomic E-state index is 12.2. The third-order valence-electron chi connectivity index (χ3n) is 3.93. The van der Waals surface area contributed by atoms with E-state index in [1.165, 1.54) is 0 Å². The lowest BCUT2D eigenvalue weighted by atomic mass is 10.1. The first-order chi connectivity index (χ1) is 13.0. The minimum Gasteiger partial charge on any atom is -0.497 e. The van der Waals surface area contributed by atoms with E-state index in [9.17, 15) is 4.79 Å². The number of rotatable bonds is 6. The first kappa shape index (κ1) is 18.7. The van der Waals surface area contributed by atoms with Crippen LogP contribution >= 0.6 is 11.6 Å². The fourth-order valence-electron chi connectivity index (χ4n) is 2.56. The summed E-state index contributed by atoms with van der Waals surface area (Å²) >= 11 is 5.91. The molecule has 0 unspecified atom stereocenters. The number of methoxy groups -OCH3 is 1. The summed E-state index contributed by atoms with van der Waals surface area (Å²) in [5.74, 6) is 1.15. The van der Waals surface area contributed by atoms with E-state index in [4.69, 9.17) is 25.7 Å². The summed E-state index contributed by atoms with van der Waals surface area (Å²) in [6, 6.07) is 10.7. The molecule has 0 fully saturated rings. The summed E-state index contributed by atoms with van der Waals surface area (Å²) in [5, 5.41) is 10.9. The van der Waals surface area contributed by atoms with Gasteiger partial charge in [0.1, 0.15) is 11.5 Å². The van der Waals surface area contributed by atoms with Crippen molar-refractivity contribution in [1.82, 2.24) is 10.3 Å². The Bertz CT molecular complexity index is 971. The van der Waals surface area contributed by atoms with Gasteiger partial charge in [0, 0.05) is 10.6 Å². The number of aryl methyl sites for hydroxylation is 2. The van der Waals surface area contributed by atoms with Gasteiger partial charge in [-0.3, -0.25) is 4.79 Å². The minimum atomic E-state index is -0.382. The third kappa shape index (κ3) is 4.38. The minimum absolute atomic E-state index is 0.184. The average Bonchev–Trinajstić information content (AvgIpc) is 3.08. The van der Waals surface area contributed by atoms with Crippen LogP contribution in [0.25, 0.3) is 11.3 Å². The van der Waals surface area contributed by atoms with E-state index in [1.54, 1.807) is 31.4 Å². The van der Waals surface area contributed by atoms with Crippen LogP contribution < -0.4 is 14.8 Å². The summed E-state index contributed by atoms with van der Waals surface area (Å²) in [4.78, 5) is 12.2. The van der Waals surface area contributed by atoms with Crippen molar-refractivity contribution in [2.75, 3.05) is 19.0 Å². The van der Waals surface area contributed by atoms with E-state index < -0.39 is 0 Å². The molecule has 7 nitrogen and oxygen atoms in total. The molecule has 0 aliphatic heterocycles.